The second kappa shape index (κ2) is 7.66. The van der Waals surface area contributed by atoms with Crippen LogP contribution in [0.2, 0.25) is 0 Å². The van der Waals surface area contributed by atoms with Gasteiger partial charge in [-0.2, -0.15) is 0 Å². The maximum atomic E-state index is 12.9. The van der Waals surface area contributed by atoms with Gasteiger partial charge in [-0.15, -0.1) is 0 Å². The molecule has 0 radical (unpaired) electrons. The number of nitrogens with zero attached hydrogens (tertiary/aromatic N) is 3. The molecule has 2 amide bonds. The molecule has 1 aromatic rings. The zero-order valence-corrected chi connectivity index (χ0v) is 15.2. The summed E-state index contributed by atoms with van der Waals surface area (Å²) in [5.41, 5.74) is 1.65. The fourth-order valence-electron chi connectivity index (χ4n) is 3.10. The van der Waals surface area contributed by atoms with Crippen molar-refractivity contribution in [2.24, 2.45) is 0 Å². The van der Waals surface area contributed by atoms with E-state index < -0.39 is 0 Å². The maximum Gasteiger partial charge on any atom is 0.254 e. The smallest absolute Gasteiger partial charge is 0.254 e. The fourth-order valence-corrected chi connectivity index (χ4v) is 3.10. The van der Waals surface area contributed by atoms with Gasteiger partial charge >= 0.3 is 0 Å². The van der Waals surface area contributed by atoms with Crippen molar-refractivity contribution < 1.29 is 9.59 Å². The molecule has 1 heterocycles. The number of amides is 2. The monoisotopic (exact) mass is 332 g/mol. The van der Waals surface area contributed by atoms with Gasteiger partial charge in [0.15, 0.2) is 0 Å². The van der Waals surface area contributed by atoms with Gasteiger partial charge in [0.1, 0.15) is 6.04 Å². The predicted molar refractivity (Wildman–Crippen MR) is 96.4 cm³/mol. The molecular weight excluding hydrogens is 304 g/mol. The third kappa shape index (κ3) is 3.87. The van der Waals surface area contributed by atoms with Crippen molar-refractivity contribution in [1.82, 2.24) is 15.1 Å². The summed E-state index contributed by atoms with van der Waals surface area (Å²) in [7, 11) is 5.54. The van der Waals surface area contributed by atoms with Crippen molar-refractivity contribution in [3.63, 3.8) is 0 Å². The Morgan fingerprint density at radius 1 is 1.25 bits per heavy atom. The van der Waals surface area contributed by atoms with E-state index in [1.165, 1.54) is 0 Å². The van der Waals surface area contributed by atoms with Crippen LogP contribution in [0.15, 0.2) is 24.3 Å². The molecule has 1 N–H and O–H groups in total. The van der Waals surface area contributed by atoms with E-state index in [0.717, 1.165) is 5.69 Å². The van der Waals surface area contributed by atoms with Crippen LogP contribution in [0.4, 0.5) is 5.69 Å². The van der Waals surface area contributed by atoms with Crippen LogP contribution in [0, 0.1) is 0 Å². The van der Waals surface area contributed by atoms with Gasteiger partial charge < -0.3 is 15.1 Å². The van der Waals surface area contributed by atoms with Gasteiger partial charge in [-0.25, -0.2) is 0 Å². The maximum absolute atomic E-state index is 12.9. The highest BCUT2D eigenvalue weighted by atomic mass is 16.2. The number of rotatable bonds is 4. The summed E-state index contributed by atoms with van der Waals surface area (Å²) in [6.45, 7) is 5.91. The normalized spacial score (nSPS) is 18.6. The van der Waals surface area contributed by atoms with Gasteiger partial charge in [-0.1, -0.05) is 6.07 Å². The molecule has 6 heteroatoms. The molecular formula is C18H28N4O2. The molecule has 0 saturated carbocycles. The SMILES string of the molecule is CNC(=O)[C@H]1CN(C(=O)c2cccc(N(C)C)c2)CCN1C(C)C. The van der Waals surface area contributed by atoms with Gasteiger partial charge in [0.2, 0.25) is 5.91 Å². The lowest BCUT2D eigenvalue weighted by atomic mass is 10.1. The van der Waals surface area contributed by atoms with Crippen LogP contribution in [-0.2, 0) is 4.79 Å². The van der Waals surface area contributed by atoms with E-state index in [9.17, 15) is 9.59 Å². The van der Waals surface area contributed by atoms with Crippen LogP contribution < -0.4 is 10.2 Å². The first-order chi connectivity index (χ1) is 11.3. The van der Waals surface area contributed by atoms with Gasteiger partial charge in [0.25, 0.3) is 5.91 Å². The molecule has 0 unspecified atom stereocenters. The first kappa shape index (κ1) is 18.3. The predicted octanol–water partition coefficient (Wildman–Crippen LogP) is 1.03. The molecule has 1 aliphatic heterocycles. The van der Waals surface area contributed by atoms with Crippen molar-refractivity contribution in [3.05, 3.63) is 29.8 Å². The van der Waals surface area contributed by atoms with E-state index >= 15 is 0 Å². The Morgan fingerprint density at radius 3 is 2.54 bits per heavy atom. The number of carbonyl (C=O) groups excluding carboxylic acids is 2. The topological polar surface area (TPSA) is 55.9 Å². The Bertz CT molecular complexity index is 600. The van der Waals surface area contributed by atoms with Crippen molar-refractivity contribution in [2.45, 2.75) is 25.9 Å². The lowest BCUT2D eigenvalue weighted by Gasteiger charge is -2.42. The van der Waals surface area contributed by atoms with Gasteiger partial charge in [0, 0.05) is 58.1 Å². The Balaban J connectivity index is 2.19. The molecule has 24 heavy (non-hydrogen) atoms. The molecule has 2 rings (SSSR count). The van der Waals surface area contributed by atoms with Crippen LogP contribution >= 0.6 is 0 Å². The molecule has 6 nitrogen and oxygen atoms in total. The van der Waals surface area contributed by atoms with Crippen LogP contribution in [0.1, 0.15) is 24.2 Å². The standard InChI is InChI=1S/C18H28N4O2/c1-13(2)22-10-9-21(12-16(22)17(23)19-3)18(24)14-7-6-8-15(11-14)20(4)5/h6-8,11,13,16H,9-10,12H2,1-5H3,(H,19,23)/t16-/m1/s1. The summed E-state index contributed by atoms with van der Waals surface area (Å²) in [6.07, 6.45) is 0. The summed E-state index contributed by atoms with van der Waals surface area (Å²) in [5, 5.41) is 2.72. The molecule has 1 aliphatic rings. The Hall–Kier alpha value is -2.08. The van der Waals surface area contributed by atoms with E-state index in [4.69, 9.17) is 0 Å². The van der Waals surface area contributed by atoms with Crippen LogP contribution in [0.5, 0.6) is 0 Å². The molecule has 1 saturated heterocycles. The Kier molecular flexibility index (Phi) is 5.83. The van der Waals surface area contributed by atoms with Gasteiger partial charge in [-0.3, -0.25) is 14.5 Å². The molecule has 0 aliphatic carbocycles. The minimum absolute atomic E-state index is 0.0176. The van der Waals surface area contributed by atoms with E-state index in [0.29, 0.717) is 25.2 Å². The third-order valence-corrected chi connectivity index (χ3v) is 4.53. The van der Waals surface area contributed by atoms with E-state index in [2.05, 4.69) is 24.1 Å². The number of nitrogens with one attached hydrogen (secondary N) is 1. The summed E-state index contributed by atoms with van der Waals surface area (Å²) in [5.74, 6) is -0.0562. The third-order valence-electron chi connectivity index (χ3n) is 4.53. The van der Waals surface area contributed by atoms with Crippen molar-refractivity contribution in [2.75, 3.05) is 45.7 Å². The van der Waals surface area contributed by atoms with Crippen molar-refractivity contribution in [3.8, 4) is 0 Å². The number of benzene rings is 1. The number of hydrogen-bond acceptors (Lipinski definition) is 4. The second-order valence-corrected chi connectivity index (χ2v) is 6.66. The van der Waals surface area contributed by atoms with Crippen molar-refractivity contribution in [1.29, 1.82) is 0 Å². The molecule has 0 bridgehead atoms. The van der Waals surface area contributed by atoms with E-state index in [-0.39, 0.29) is 23.9 Å². The zero-order valence-electron chi connectivity index (χ0n) is 15.2. The lowest BCUT2D eigenvalue weighted by Crippen LogP contribution is -2.61. The molecule has 1 aromatic carbocycles. The first-order valence-corrected chi connectivity index (χ1v) is 8.39. The Labute approximate surface area is 144 Å². The second-order valence-electron chi connectivity index (χ2n) is 6.66. The fraction of sp³-hybridized carbons (Fsp3) is 0.556. The highest BCUT2D eigenvalue weighted by molar-refractivity contribution is 5.96. The molecule has 132 valence electrons. The highest BCUT2D eigenvalue weighted by Gasteiger charge is 2.35. The molecule has 0 spiro atoms. The minimum atomic E-state index is -0.301. The van der Waals surface area contributed by atoms with Crippen LogP contribution in [0.25, 0.3) is 0 Å². The largest absolute Gasteiger partial charge is 0.378 e. The van der Waals surface area contributed by atoms with Crippen molar-refractivity contribution >= 4 is 17.5 Å². The number of hydrogen-bond donors (Lipinski definition) is 1. The number of likely N-dealkylation sites (N-methyl/N-ethyl adjacent to an activating group) is 1. The average Bonchev–Trinajstić information content (AvgIpc) is 2.59. The summed E-state index contributed by atoms with van der Waals surface area (Å²) in [6, 6.07) is 7.56. The lowest BCUT2D eigenvalue weighted by molar-refractivity contribution is -0.128. The van der Waals surface area contributed by atoms with Gasteiger partial charge in [0.05, 0.1) is 0 Å². The van der Waals surface area contributed by atoms with E-state index in [1.54, 1.807) is 11.9 Å². The minimum Gasteiger partial charge on any atom is -0.378 e. The van der Waals surface area contributed by atoms with E-state index in [1.807, 2.05) is 43.3 Å². The number of anilines is 1. The first-order valence-electron chi connectivity index (χ1n) is 8.39. The molecule has 0 aromatic heterocycles. The molecule has 1 fully saturated rings. The molecule has 1 atom stereocenters. The highest BCUT2D eigenvalue weighted by Crippen LogP contribution is 2.19. The quantitative estimate of drug-likeness (QED) is 0.895. The average molecular weight is 332 g/mol. The van der Waals surface area contributed by atoms with Crippen LogP contribution in [-0.4, -0.2) is 74.5 Å². The number of carbonyl (C=O) groups is 2. The summed E-state index contributed by atoms with van der Waals surface area (Å²) < 4.78 is 0. The zero-order chi connectivity index (χ0) is 17.9. The summed E-state index contributed by atoms with van der Waals surface area (Å²) >= 11 is 0. The number of piperazine rings is 1. The van der Waals surface area contributed by atoms with Crippen LogP contribution in [0.3, 0.4) is 0 Å². The van der Waals surface area contributed by atoms with Gasteiger partial charge in [-0.05, 0) is 32.0 Å². The summed E-state index contributed by atoms with van der Waals surface area (Å²) in [4.78, 5) is 31.0. The Morgan fingerprint density at radius 2 is 1.96 bits per heavy atom.